The number of thioether (sulfide) groups is 1. The van der Waals surface area contributed by atoms with E-state index < -0.39 is 5.97 Å². The summed E-state index contributed by atoms with van der Waals surface area (Å²) in [6, 6.07) is 7.13. The SMILES string of the molecule is CCSC(C(=O)N(C)Cc1ccc(OCC(=O)O)cc1)C(C)C. The highest BCUT2D eigenvalue weighted by Gasteiger charge is 2.25. The lowest BCUT2D eigenvalue weighted by Gasteiger charge is -2.25. The number of hydrogen-bond acceptors (Lipinski definition) is 4. The molecule has 1 rings (SSSR count). The van der Waals surface area contributed by atoms with Crippen LogP contribution in [-0.4, -0.2) is 46.5 Å². The number of ether oxygens (including phenoxy) is 1. The molecular formula is C17H25NO4S. The number of nitrogens with zero attached hydrogens (tertiary/aromatic N) is 1. The van der Waals surface area contributed by atoms with E-state index in [2.05, 4.69) is 20.8 Å². The van der Waals surface area contributed by atoms with Crippen LogP contribution in [0.5, 0.6) is 5.75 Å². The van der Waals surface area contributed by atoms with Crippen LogP contribution in [0.4, 0.5) is 0 Å². The van der Waals surface area contributed by atoms with Gasteiger partial charge in [-0.1, -0.05) is 32.9 Å². The summed E-state index contributed by atoms with van der Waals surface area (Å²) < 4.78 is 5.09. The molecular weight excluding hydrogens is 314 g/mol. The summed E-state index contributed by atoms with van der Waals surface area (Å²) in [5, 5.41) is 8.55. The zero-order valence-corrected chi connectivity index (χ0v) is 14.9. The number of aliphatic carboxylic acids is 1. The molecule has 0 radical (unpaired) electrons. The summed E-state index contributed by atoms with van der Waals surface area (Å²) in [5.41, 5.74) is 0.979. The molecule has 6 heteroatoms. The lowest BCUT2D eigenvalue weighted by atomic mass is 10.1. The smallest absolute Gasteiger partial charge is 0.341 e. The Hall–Kier alpha value is -1.69. The number of rotatable bonds is 9. The molecule has 1 aromatic carbocycles. The second-order valence-electron chi connectivity index (χ2n) is 5.64. The van der Waals surface area contributed by atoms with Crippen molar-refractivity contribution < 1.29 is 19.4 Å². The van der Waals surface area contributed by atoms with E-state index >= 15 is 0 Å². The Morgan fingerprint density at radius 1 is 1.26 bits per heavy atom. The molecule has 0 aromatic heterocycles. The van der Waals surface area contributed by atoms with Crippen LogP contribution in [0.1, 0.15) is 26.3 Å². The molecule has 0 saturated heterocycles. The van der Waals surface area contributed by atoms with Crippen molar-refractivity contribution >= 4 is 23.6 Å². The predicted octanol–water partition coefficient (Wildman–Crippen LogP) is 2.89. The first-order chi connectivity index (χ1) is 10.8. The molecule has 128 valence electrons. The molecule has 1 amide bonds. The zero-order chi connectivity index (χ0) is 17.4. The lowest BCUT2D eigenvalue weighted by Crippen LogP contribution is -2.37. The number of amides is 1. The number of carbonyl (C=O) groups is 2. The van der Waals surface area contributed by atoms with Gasteiger partial charge in [0.1, 0.15) is 5.75 Å². The molecule has 0 aliphatic carbocycles. The van der Waals surface area contributed by atoms with Crippen molar-refractivity contribution in [2.75, 3.05) is 19.4 Å². The molecule has 1 atom stereocenters. The third-order valence-corrected chi connectivity index (χ3v) is 4.72. The second-order valence-corrected chi connectivity index (χ2v) is 7.06. The molecule has 0 fully saturated rings. The summed E-state index contributed by atoms with van der Waals surface area (Å²) >= 11 is 1.68. The molecule has 1 N–H and O–H groups in total. The van der Waals surface area contributed by atoms with Gasteiger partial charge in [0.2, 0.25) is 5.91 Å². The van der Waals surface area contributed by atoms with Crippen molar-refractivity contribution in [2.24, 2.45) is 5.92 Å². The molecule has 1 aromatic rings. The average molecular weight is 339 g/mol. The van der Waals surface area contributed by atoms with Crippen LogP contribution >= 0.6 is 11.8 Å². The van der Waals surface area contributed by atoms with Gasteiger partial charge in [-0.25, -0.2) is 4.79 Å². The van der Waals surface area contributed by atoms with Crippen molar-refractivity contribution in [3.63, 3.8) is 0 Å². The van der Waals surface area contributed by atoms with Crippen molar-refractivity contribution in [1.82, 2.24) is 4.90 Å². The minimum atomic E-state index is -1.01. The summed E-state index contributed by atoms with van der Waals surface area (Å²) in [7, 11) is 1.81. The van der Waals surface area contributed by atoms with E-state index in [4.69, 9.17) is 9.84 Å². The van der Waals surface area contributed by atoms with Gasteiger partial charge in [-0.3, -0.25) is 4.79 Å². The highest BCUT2D eigenvalue weighted by molar-refractivity contribution is 8.00. The number of carboxylic acids is 1. The Kier molecular flexibility index (Phi) is 7.95. The Balaban J connectivity index is 2.63. The Morgan fingerprint density at radius 3 is 2.35 bits per heavy atom. The molecule has 0 aliphatic heterocycles. The third kappa shape index (κ3) is 6.52. The van der Waals surface area contributed by atoms with Crippen molar-refractivity contribution in [3.05, 3.63) is 29.8 Å². The van der Waals surface area contributed by atoms with E-state index in [0.717, 1.165) is 11.3 Å². The highest BCUT2D eigenvalue weighted by Crippen LogP contribution is 2.22. The van der Waals surface area contributed by atoms with Crippen molar-refractivity contribution in [2.45, 2.75) is 32.6 Å². The summed E-state index contributed by atoms with van der Waals surface area (Å²) in [4.78, 5) is 24.7. The average Bonchev–Trinajstić information content (AvgIpc) is 2.50. The number of benzene rings is 1. The number of carbonyl (C=O) groups excluding carboxylic acids is 1. The Morgan fingerprint density at radius 2 is 1.87 bits per heavy atom. The summed E-state index contributed by atoms with van der Waals surface area (Å²) in [6.45, 7) is 6.35. The van der Waals surface area contributed by atoms with Crippen LogP contribution < -0.4 is 4.74 Å². The first-order valence-corrected chi connectivity index (χ1v) is 8.70. The van der Waals surface area contributed by atoms with Crippen LogP contribution in [0.15, 0.2) is 24.3 Å². The van der Waals surface area contributed by atoms with Gasteiger partial charge in [0.15, 0.2) is 6.61 Å². The van der Waals surface area contributed by atoms with E-state index in [1.54, 1.807) is 28.8 Å². The Labute approximate surface area is 142 Å². The monoisotopic (exact) mass is 339 g/mol. The molecule has 0 spiro atoms. The van der Waals surface area contributed by atoms with Gasteiger partial charge in [-0.2, -0.15) is 0 Å². The quantitative estimate of drug-likeness (QED) is 0.749. The molecule has 0 bridgehead atoms. The van der Waals surface area contributed by atoms with Gasteiger partial charge in [-0.15, -0.1) is 11.8 Å². The summed E-state index contributed by atoms with van der Waals surface area (Å²) in [5.74, 6) is 0.844. The maximum Gasteiger partial charge on any atom is 0.341 e. The van der Waals surface area contributed by atoms with Crippen LogP contribution in [0.3, 0.4) is 0 Å². The van der Waals surface area contributed by atoms with Gasteiger partial charge in [-0.05, 0) is 29.4 Å². The first kappa shape index (κ1) is 19.4. The van der Waals surface area contributed by atoms with Gasteiger partial charge in [0.05, 0.1) is 5.25 Å². The fraction of sp³-hybridized carbons (Fsp3) is 0.529. The van der Waals surface area contributed by atoms with Gasteiger partial charge >= 0.3 is 5.97 Å². The normalized spacial score (nSPS) is 12.0. The van der Waals surface area contributed by atoms with E-state index in [-0.39, 0.29) is 17.8 Å². The largest absolute Gasteiger partial charge is 0.482 e. The molecule has 0 heterocycles. The first-order valence-electron chi connectivity index (χ1n) is 7.65. The molecule has 0 aliphatic rings. The maximum atomic E-state index is 12.5. The topological polar surface area (TPSA) is 66.8 Å². The minimum absolute atomic E-state index is 0.0248. The van der Waals surface area contributed by atoms with E-state index in [1.165, 1.54) is 0 Å². The maximum absolute atomic E-state index is 12.5. The highest BCUT2D eigenvalue weighted by atomic mass is 32.2. The van der Waals surface area contributed by atoms with Crippen molar-refractivity contribution in [1.29, 1.82) is 0 Å². The van der Waals surface area contributed by atoms with E-state index in [0.29, 0.717) is 18.2 Å². The van der Waals surface area contributed by atoms with Gasteiger partial charge in [0, 0.05) is 13.6 Å². The zero-order valence-electron chi connectivity index (χ0n) is 14.1. The van der Waals surface area contributed by atoms with E-state index in [9.17, 15) is 9.59 Å². The molecule has 1 unspecified atom stereocenters. The summed E-state index contributed by atoms with van der Waals surface area (Å²) in [6.07, 6.45) is 0. The third-order valence-electron chi connectivity index (χ3n) is 3.28. The van der Waals surface area contributed by atoms with Crippen LogP contribution in [-0.2, 0) is 16.1 Å². The van der Waals surface area contributed by atoms with Crippen LogP contribution in [0.2, 0.25) is 0 Å². The fourth-order valence-electron chi connectivity index (χ4n) is 2.13. The van der Waals surface area contributed by atoms with Gasteiger partial charge in [0.25, 0.3) is 0 Å². The minimum Gasteiger partial charge on any atom is -0.482 e. The molecule has 23 heavy (non-hydrogen) atoms. The second kappa shape index (κ2) is 9.45. The van der Waals surface area contributed by atoms with Gasteiger partial charge < -0.3 is 14.7 Å². The Bertz CT molecular complexity index is 516. The number of carboxylic acid groups (broad SMARTS) is 1. The van der Waals surface area contributed by atoms with E-state index in [1.807, 2.05) is 19.2 Å². The lowest BCUT2D eigenvalue weighted by molar-refractivity contribution is -0.139. The standard InChI is InChI=1S/C17H25NO4S/c1-5-23-16(12(2)3)17(21)18(4)10-13-6-8-14(9-7-13)22-11-15(19)20/h6-9,12,16H,5,10-11H2,1-4H3,(H,19,20). The predicted molar refractivity (Wildman–Crippen MR) is 92.8 cm³/mol. The fourth-order valence-corrected chi connectivity index (χ4v) is 3.20. The number of hydrogen-bond donors (Lipinski definition) is 1. The molecule has 5 nitrogen and oxygen atoms in total. The molecule has 0 saturated carbocycles. The van der Waals surface area contributed by atoms with Crippen LogP contribution in [0.25, 0.3) is 0 Å². The van der Waals surface area contributed by atoms with Crippen LogP contribution in [0, 0.1) is 5.92 Å². The van der Waals surface area contributed by atoms with Crippen molar-refractivity contribution in [3.8, 4) is 5.75 Å².